The Morgan fingerprint density at radius 2 is 0.933 bits per heavy atom. The zero-order valence-corrected chi connectivity index (χ0v) is 25.0. The van der Waals surface area contributed by atoms with Crippen LogP contribution >= 0.6 is 11.3 Å². The van der Waals surface area contributed by atoms with E-state index in [4.69, 9.17) is 15.0 Å². The van der Waals surface area contributed by atoms with E-state index in [0.717, 1.165) is 27.5 Å². The molecule has 0 saturated heterocycles. The quantitative estimate of drug-likeness (QED) is 0.204. The average molecular weight is 592 g/mol. The first-order chi connectivity index (χ1) is 22.3. The molecule has 0 N–H and O–H groups in total. The Kier molecular flexibility index (Phi) is 6.00. The number of thiophene rings is 1. The van der Waals surface area contributed by atoms with Crippen LogP contribution in [0, 0.1) is 0 Å². The molecular weight excluding hydrogens is 567 g/mol. The summed E-state index contributed by atoms with van der Waals surface area (Å²) < 4.78 is 2.61. The summed E-state index contributed by atoms with van der Waals surface area (Å²) in [6.45, 7) is 0. The molecule has 9 aromatic rings. The molecule has 0 aliphatic heterocycles. The van der Waals surface area contributed by atoms with Crippen molar-refractivity contribution in [3.05, 3.63) is 152 Å². The number of benzene rings is 7. The van der Waals surface area contributed by atoms with E-state index < -0.39 is 0 Å². The van der Waals surface area contributed by atoms with Crippen LogP contribution in [0.25, 0.3) is 87.0 Å². The van der Waals surface area contributed by atoms with Crippen molar-refractivity contribution < 1.29 is 0 Å². The highest BCUT2D eigenvalue weighted by atomic mass is 32.1. The summed E-state index contributed by atoms with van der Waals surface area (Å²) >= 11 is 1.86. The largest absolute Gasteiger partial charge is 0.208 e. The summed E-state index contributed by atoms with van der Waals surface area (Å²) in [5, 5.41) is 7.43. The molecular formula is C41H25N3S. The monoisotopic (exact) mass is 591 g/mol. The molecule has 9 rings (SSSR count). The van der Waals surface area contributed by atoms with Crippen LogP contribution in [0.5, 0.6) is 0 Å². The van der Waals surface area contributed by atoms with E-state index in [-0.39, 0.29) is 0 Å². The highest BCUT2D eigenvalue weighted by Gasteiger charge is 2.16. The van der Waals surface area contributed by atoms with E-state index in [2.05, 4.69) is 121 Å². The fourth-order valence-electron chi connectivity index (χ4n) is 6.31. The van der Waals surface area contributed by atoms with E-state index in [0.29, 0.717) is 17.5 Å². The molecule has 0 amide bonds. The van der Waals surface area contributed by atoms with Crippen molar-refractivity contribution in [2.75, 3.05) is 0 Å². The molecule has 0 fully saturated rings. The van der Waals surface area contributed by atoms with Crippen LogP contribution in [0.3, 0.4) is 0 Å². The fourth-order valence-corrected chi connectivity index (χ4v) is 7.48. The molecule has 0 saturated carbocycles. The van der Waals surface area contributed by atoms with Crippen LogP contribution < -0.4 is 0 Å². The maximum absolute atomic E-state index is 5.04. The second-order valence-electron chi connectivity index (χ2n) is 11.3. The summed E-state index contributed by atoms with van der Waals surface area (Å²) in [6, 6.07) is 53.3. The first kappa shape index (κ1) is 25.8. The highest BCUT2D eigenvalue weighted by Crippen LogP contribution is 2.42. The van der Waals surface area contributed by atoms with Gasteiger partial charge in [-0.3, -0.25) is 0 Å². The van der Waals surface area contributed by atoms with Gasteiger partial charge in [0, 0.05) is 36.9 Å². The molecule has 0 atom stereocenters. The Morgan fingerprint density at radius 1 is 0.356 bits per heavy atom. The lowest BCUT2D eigenvalue weighted by Crippen LogP contribution is -2.00. The van der Waals surface area contributed by atoms with E-state index in [1.54, 1.807) is 0 Å². The minimum atomic E-state index is 0.656. The number of rotatable bonds is 4. The molecule has 0 bridgehead atoms. The third kappa shape index (κ3) is 4.46. The highest BCUT2D eigenvalue weighted by molar-refractivity contribution is 7.26. The van der Waals surface area contributed by atoms with Gasteiger partial charge in [-0.05, 0) is 50.9 Å². The van der Waals surface area contributed by atoms with Gasteiger partial charge in [0.1, 0.15) is 0 Å². The number of aromatic nitrogens is 3. The van der Waals surface area contributed by atoms with Crippen molar-refractivity contribution in [2.45, 2.75) is 0 Å². The summed E-state index contributed by atoms with van der Waals surface area (Å²) in [5.74, 6) is 1.99. The lowest BCUT2D eigenvalue weighted by atomic mass is 9.97. The molecule has 3 nitrogen and oxygen atoms in total. The Bertz CT molecular complexity index is 2530. The molecule has 4 heteroatoms. The number of nitrogens with zero attached hydrogens (tertiary/aromatic N) is 3. The number of fused-ring (bicyclic) bond motifs is 5. The lowest BCUT2D eigenvalue weighted by molar-refractivity contribution is 1.08. The van der Waals surface area contributed by atoms with Crippen molar-refractivity contribution in [3.63, 3.8) is 0 Å². The number of hydrogen-bond acceptors (Lipinski definition) is 4. The predicted octanol–water partition coefficient (Wildman–Crippen LogP) is 11.2. The van der Waals surface area contributed by atoms with Gasteiger partial charge in [0.15, 0.2) is 17.5 Å². The Morgan fingerprint density at radius 3 is 1.73 bits per heavy atom. The lowest BCUT2D eigenvalue weighted by Gasteiger charge is -2.11. The SMILES string of the molecule is c1ccc(-c2nc(-c3ccc(-c4cccc5sc6cc7ccccc7cc6c45)cc3)nc(-c3cccc4ccccc34)n2)cc1. The van der Waals surface area contributed by atoms with E-state index in [1.807, 2.05) is 41.7 Å². The molecule has 0 spiro atoms. The van der Waals surface area contributed by atoms with Crippen molar-refractivity contribution in [2.24, 2.45) is 0 Å². The smallest absolute Gasteiger partial charge is 0.164 e. The standard InChI is InChI=1S/C41H25N3S/c1-2-11-28(12-3-1)39-42-40(44-41(43-39)34-18-8-15-26-10-6-7-16-32(26)34)29-22-20-27(21-23-29)33-17-9-19-36-38(33)35-24-30-13-4-5-14-31(30)25-37(35)45-36/h1-25H. The Hall–Kier alpha value is -5.71. The molecule has 0 aliphatic carbocycles. The van der Waals surface area contributed by atoms with Gasteiger partial charge in [-0.25, -0.2) is 15.0 Å². The van der Waals surface area contributed by atoms with Gasteiger partial charge in [0.25, 0.3) is 0 Å². The third-order valence-corrected chi connectivity index (χ3v) is 9.63. The zero-order valence-electron chi connectivity index (χ0n) is 24.2. The summed E-state index contributed by atoms with van der Waals surface area (Å²) in [4.78, 5) is 15.0. The normalized spacial score (nSPS) is 11.6. The second kappa shape index (κ2) is 10.5. The molecule has 0 unspecified atom stereocenters. The van der Waals surface area contributed by atoms with Gasteiger partial charge in [0.05, 0.1) is 0 Å². The molecule has 2 heterocycles. The first-order valence-corrected chi connectivity index (χ1v) is 15.8. The van der Waals surface area contributed by atoms with Crippen LogP contribution in [-0.2, 0) is 0 Å². The summed E-state index contributed by atoms with van der Waals surface area (Å²) in [6.07, 6.45) is 0. The van der Waals surface area contributed by atoms with Crippen LogP contribution in [0.2, 0.25) is 0 Å². The third-order valence-electron chi connectivity index (χ3n) is 8.52. The topological polar surface area (TPSA) is 38.7 Å². The summed E-state index contributed by atoms with van der Waals surface area (Å²) in [5.41, 5.74) is 5.31. The van der Waals surface area contributed by atoms with Gasteiger partial charge in [-0.15, -0.1) is 11.3 Å². The average Bonchev–Trinajstić information content (AvgIpc) is 3.48. The zero-order chi connectivity index (χ0) is 29.7. The van der Waals surface area contributed by atoms with E-state index in [9.17, 15) is 0 Å². The molecule has 210 valence electrons. The van der Waals surface area contributed by atoms with Crippen LogP contribution in [0.4, 0.5) is 0 Å². The van der Waals surface area contributed by atoms with Crippen LogP contribution in [-0.4, -0.2) is 15.0 Å². The molecule has 0 radical (unpaired) electrons. The maximum Gasteiger partial charge on any atom is 0.164 e. The second-order valence-corrected chi connectivity index (χ2v) is 12.3. The van der Waals surface area contributed by atoms with E-state index >= 15 is 0 Å². The molecule has 7 aromatic carbocycles. The van der Waals surface area contributed by atoms with Crippen molar-refractivity contribution in [3.8, 4) is 45.3 Å². The van der Waals surface area contributed by atoms with Gasteiger partial charge < -0.3 is 0 Å². The van der Waals surface area contributed by atoms with Gasteiger partial charge in [-0.2, -0.15) is 0 Å². The summed E-state index contributed by atoms with van der Waals surface area (Å²) in [7, 11) is 0. The van der Waals surface area contributed by atoms with Gasteiger partial charge in [0.2, 0.25) is 0 Å². The fraction of sp³-hybridized carbons (Fsp3) is 0. The Balaban J connectivity index is 1.18. The van der Waals surface area contributed by atoms with Crippen molar-refractivity contribution in [1.82, 2.24) is 15.0 Å². The molecule has 0 aliphatic rings. The predicted molar refractivity (Wildman–Crippen MR) is 189 cm³/mol. The van der Waals surface area contributed by atoms with Gasteiger partial charge >= 0.3 is 0 Å². The van der Waals surface area contributed by atoms with E-state index in [1.165, 1.54) is 42.1 Å². The first-order valence-electron chi connectivity index (χ1n) is 15.0. The van der Waals surface area contributed by atoms with Crippen LogP contribution in [0.1, 0.15) is 0 Å². The minimum absolute atomic E-state index is 0.656. The van der Waals surface area contributed by atoms with Crippen LogP contribution in [0.15, 0.2) is 152 Å². The minimum Gasteiger partial charge on any atom is -0.208 e. The van der Waals surface area contributed by atoms with Crippen molar-refractivity contribution in [1.29, 1.82) is 0 Å². The maximum atomic E-state index is 5.04. The molecule has 45 heavy (non-hydrogen) atoms. The van der Waals surface area contributed by atoms with Crippen molar-refractivity contribution >= 4 is 53.1 Å². The Labute approximate surface area is 264 Å². The molecule has 2 aromatic heterocycles. The number of hydrogen-bond donors (Lipinski definition) is 0. The van der Waals surface area contributed by atoms with Gasteiger partial charge in [-0.1, -0.05) is 133 Å².